The number of nitrogens with zero attached hydrogens (tertiary/aromatic N) is 2. The van der Waals surface area contributed by atoms with Gasteiger partial charge in [0.2, 0.25) is 0 Å². The van der Waals surface area contributed by atoms with E-state index in [0.29, 0.717) is 6.04 Å². The standard InChI is InChI=1S/C9H18N2O2/c1-8-3-4-10(2)5-6-11(8)7-9(12)13/h8H,3-7H2,1-2H3,(H,12,13). The number of likely N-dealkylation sites (N-methyl/N-ethyl adjacent to an activating group) is 1. The van der Waals surface area contributed by atoms with Crippen LogP contribution < -0.4 is 0 Å². The Morgan fingerprint density at radius 3 is 2.77 bits per heavy atom. The Morgan fingerprint density at radius 1 is 1.46 bits per heavy atom. The topological polar surface area (TPSA) is 43.8 Å². The van der Waals surface area contributed by atoms with Crippen LogP contribution in [0.4, 0.5) is 0 Å². The summed E-state index contributed by atoms with van der Waals surface area (Å²) in [5.74, 6) is -0.726. The zero-order chi connectivity index (χ0) is 9.84. The number of hydrogen-bond acceptors (Lipinski definition) is 3. The second-order valence-corrected chi connectivity index (χ2v) is 3.81. The first-order chi connectivity index (χ1) is 6.09. The van der Waals surface area contributed by atoms with Crippen LogP contribution in [0.2, 0.25) is 0 Å². The Kier molecular flexibility index (Phi) is 3.69. The quantitative estimate of drug-likeness (QED) is 0.664. The summed E-state index contributed by atoms with van der Waals surface area (Å²) in [5, 5.41) is 8.69. The van der Waals surface area contributed by atoms with Crippen LogP contribution in [-0.4, -0.2) is 60.1 Å². The van der Waals surface area contributed by atoms with Gasteiger partial charge in [-0.05, 0) is 26.9 Å². The SMILES string of the molecule is CC1CCN(C)CCN1CC(=O)O. The summed E-state index contributed by atoms with van der Waals surface area (Å²) in [5.41, 5.74) is 0. The van der Waals surface area contributed by atoms with E-state index in [1.54, 1.807) is 0 Å². The molecule has 1 atom stereocenters. The van der Waals surface area contributed by atoms with Gasteiger partial charge in [-0.15, -0.1) is 0 Å². The Hall–Kier alpha value is -0.610. The highest BCUT2D eigenvalue weighted by Gasteiger charge is 2.20. The molecule has 1 N–H and O–H groups in total. The van der Waals surface area contributed by atoms with Crippen molar-refractivity contribution in [3.63, 3.8) is 0 Å². The zero-order valence-corrected chi connectivity index (χ0v) is 8.36. The summed E-state index contributed by atoms with van der Waals surface area (Å²) in [6, 6.07) is 0.390. The van der Waals surface area contributed by atoms with Crippen LogP contribution in [0.25, 0.3) is 0 Å². The molecule has 0 aromatic carbocycles. The van der Waals surface area contributed by atoms with Gasteiger partial charge in [0.15, 0.2) is 0 Å². The molecular formula is C9H18N2O2. The molecule has 0 saturated carbocycles. The molecule has 0 aromatic rings. The van der Waals surface area contributed by atoms with Crippen molar-refractivity contribution in [3.8, 4) is 0 Å². The predicted molar refractivity (Wildman–Crippen MR) is 50.8 cm³/mol. The molecule has 0 aromatic heterocycles. The lowest BCUT2D eigenvalue weighted by molar-refractivity contribution is -0.138. The molecule has 76 valence electrons. The Balaban J connectivity index is 2.46. The molecule has 1 aliphatic heterocycles. The maximum atomic E-state index is 10.6. The molecule has 13 heavy (non-hydrogen) atoms. The highest BCUT2D eigenvalue weighted by atomic mass is 16.4. The maximum absolute atomic E-state index is 10.6. The van der Waals surface area contributed by atoms with Gasteiger partial charge in [0.05, 0.1) is 6.54 Å². The molecular weight excluding hydrogens is 168 g/mol. The monoisotopic (exact) mass is 186 g/mol. The van der Waals surface area contributed by atoms with Crippen LogP contribution in [0, 0.1) is 0 Å². The molecule has 4 heteroatoms. The van der Waals surface area contributed by atoms with E-state index in [2.05, 4.69) is 18.9 Å². The number of rotatable bonds is 2. The summed E-state index contributed by atoms with van der Waals surface area (Å²) in [6.45, 7) is 5.18. The van der Waals surface area contributed by atoms with E-state index < -0.39 is 5.97 Å². The third-order valence-electron chi connectivity index (χ3n) is 2.66. The van der Waals surface area contributed by atoms with Gasteiger partial charge < -0.3 is 10.0 Å². The van der Waals surface area contributed by atoms with E-state index in [0.717, 1.165) is 26.1 Å². The van der Waals surface area contributed by atoms with Crippen molar-refractivity contribution in [2.75, 3.05) is 33.2 Å². The summed E-state index contributed by atoms with van der Waals surface area (Å²) in [6.07, 6.45) is 1.06. The lowest BCUT2D eigenvalue weighted by Crippen LogP contribution is -2.38. The number of carboxylic acid groups (broad SMARTS) is 1. The minimum Gasteiger partial charge on any atom is -0.480 e. The molecule has 1 saturated heterocycles. The van der Waals surface area contributed by atoms with E-state index >= 15 is 0 Å². The first-order valence-corrected chi connectivity index (χ1v) is 4.74. The second kappa shape index (κ2) is 4.58. The molecule has 0 bridgehead atoms. The lowest BCUT2D eigenvalue weighted by Gasteiger charge is -2.24. The van der Waals surface area contributed by atoms with Gasteiger partial charge in [0.25, 0.3) is 0 Å². The van der Waals surface area contributed by atoms with E-state index in [1.165, 1.54) is 0 Å². The van der Waals surface area contributed by atoms with Crippen molar-refractivity contribution < 1.29 is 9.90 Å². The Labute approximate surface area is 79.1 Å². The summed E-state index contributed by atoms with van der Waals surface area (Å²) < 4.78 is 0. The van der Waals surface area contributed by atoms with Gasteiger partial charge in [-0.1, -0.05) is 0 Å². The summed E-state index contributed by atoms with van der Waals surface area (Å²) in [7, 11) is 2.08. The molecule has 1 heterocycles. The normalized spacial score (nSPS) is 27.1. The van der Waals surface area contributed by atoms with Crippen LogP contribution in [0.5, 0.6) is 0 Å². The number of aliphatic carboxylic acids is 1. The van der Waals surface area contributed by atoms with Gasteiger partial charge in [-0.25, -0.2) is 0 Å². The third-order valence-corrected chi connectivity index (χ3v) is 2.66. The maximum Gasteiger partial charge on any atom is 0.317 e. The van der Waals surface area contributed by atoms with Crippen LogP contribution >= 0.6 is 0 Å². The van der Waals surface area contributed by atoms with E-state index in [1.807, 2.05) is 4.90 Å². The Bertz CT molecular complexity index is 184. The van der Waals surface area contributed by atoms with Gasteiger partial charge >= 0.3 is 5.97 Å². The highest BCUT2D eigenvalue weighted by molar-refractivity contribution is 5.69. The average molecular weight is 186 g/mol. The fourth-order valence-electron chi connectivity index (χ4n) is 1.63. The molecule has 0 amide bonds. The number of carboxylic acids is 1. The summed E-state index contributed by atoms with van der Waals surface area (Å²) in [4.78, 5) is 14.8. The second-order valence-electron chi connectivity index (χ2n) is 3.81. The van der Waals surface area contributed by atoms with Gasteiger partial charge in [0, 0.05) is 19.1 Å². The number of carbonyl (C=O) groups is 1. The zero-order valence-electron chi connectivity index (χ0n) is 8.36. The van der Waals surface area contributed by atoms with Crippen molar-refractivity contribution in [2.24, 2.45) is 0 Å². The number of hydrogen-bond donors (Lipinski definition) is 1. The van der Waals surface area contributed by atoms with Gasteiger partial charge in [0.1, 0.15) is 0 Å². The first-order valence-electron chi connectivity index (χ1n) is 4.74. The van der Waals surface area contributed by atoms with E-state index in [4.69, 9.17) is 5.11 Å². The van der Waals surface area contributed by atoms with Crippen LogP contribution in [0.15, 0.2) is 0 Å². The molecule has 0 radical (unpaired) electrons. The average Bonchev–Trinajstić information content (AvgIpc) is 2.19. The molecule has 1 fully saturated rings. The van der Waals surface area contributed by atoms with Crippen molar-refractivity contribution in [2.45, 2.75) is 19.4 Å². The molecule has 1 rings (SSSR count). The van der Waals surface area contributed by atoms with Crippen LogP contribution in [0.3, 0.4) is 0 Å². The molecule has 0 aliphatic carbocycles. The first kappa shape index (κ1) is 10.5. The van der Waals surface area contributed by atoms with Crippen LogP contribution in [-0.2, 0) is 4.79 Å². The summed E-state index contributed by atoms with van der Waals surface area (Å²) >= 11 is 0. The van der Waals surface area contributed by atoms with Gasteiger partial charge in [-0.3, -0.25) is 9.69 Å². The lowest BCUT2D eigenvalue weighted by atomic mass is 10.2. The smallest absolute Gasteiger partial charge is 0.317 e. The fourth-order valence-corrected chi connectivity index (χ4v) is 1.63. The molecule has 0 spiro atoms. The molecule has 4 nitrogen and oxygen atoms in total. The van der Waals surface area contributed by atoms with Crippen molar-refractivity contribution in [1.29, 1.82) is 0 Å². The van der Waals surface area contributed by atoms with Crippen LogP contribution in [0.1, 0.15) is 13.3 Å². The Morgan fingerprint density at radius 2 is 2.15 bits per heavy atom. The molecule has 1 aliphatic rings. The minimum absolute atomic E-state index is 0.176. The predicted octanol–water partition coefficient (Wildman–Crippen LogP) is 0.0970. The third kappa shape index (κ3) is 3.32. The van der Waals surface area contributed by atoms with E-state index in [-0.39, 0.29) is 6.54 Å². The van der Waals surface area contributed by atoms with Crippen molar-refractivity contribution >= 4 is 5.97 Å². The van der Waals surface area contributed by atoms with E-state index in [9.17, 15) is 4.79 Å². The van der Waals surface area contributed by atoms with Crippen molar-refractivity contribution in [3.05, 3.63) is 0 Å². The highest BCUT2D eigenvalue weighted by Crippen LogP contribution is 2.08. The molecule has 1 unspecified atom stereocenters. The van der Waals surface area contributed by atoms with Crippen molar-refractivity contribution in [1.82, 2.24) is 9.80 Å². The fraction of sp³-hybridized carbons (Fsp3) is 0.889. The largest absolute Gasteiger partial charge is 0.480 e. The minimum atomic E-state index is -0.726. The van der Waals surface area contributed by atoms with Gasteiger partial charge in [-0.2, -0.15) is 0 Å².